The number of nitrogens with one attached hydrogen (secondary N) is 2. The molecule has 2 unspecified atom stereocenters. The van der Waals surface area contributed by atoms with Crippen molar-refractivity contribution in [1.29, 1.82) is 0 Å². The normalized spacial score (nSPS) is 25.4. The van der Waals surface area contributed by atoms with Gasteiger partial charge in [0.2, 0.25) is 0 Å². The Morgan fingerprint density at radius 1 is 1.33 bits per heavy atom. The molecule has 1 aliphatic heterocycles. The molecule has 1 saturated heterocycles. The first-order chi connectivity index (χ1) is 9.89. The molecular formula is C12H15Cl2N4O3+. The molecule has 0 radical (unpaired) electrons. The van der Waals surface area contributed by atoms with Crippen LogP contribution in [0.3, 0.4) is 0 Å². The van der Waals surface area contributed by atoms with Crippen molar-refractivity contribution in [2.45, 2.75) is 6.04 Å². The van der Waals surface area contributed by atoms with Gasteiger partial charge in [-0.25, -0.2) is 14.8 Å². The molecule has 0 bridgehead atoms. The van der Waals surface area contributed by atoms with E-state index in [-0.39, 0.29) is 11.0 Å². The van der Waals surface area contributed by atoms with Gasteiger partial charge in [-0.15, -0.1) is 0 Å². The van der Waals surface area contributed by atoms with Gasteiger partial charge in [0.15, 0.2) is 0 Å². The molecule has 0 saturated carbocycles. The molecule has 0 spiro atoms. The van der Waals surface area contributed by atoms with E-state index in [1.54, 1.807) is 23.7 Å². The Kier molecular flexibility index (Phi) is 4.70. The Morgan fingerprint density at radius 3 is 2.48 bits per heavy atom. The van der Waals surface area contributed by atoms with Crippen LogP contribution in [0.15, 0.2) is 18.2 Å². The quantitative estimate of drug-likeness (QED) is 0.366. The summed E-state index contributed by atoms with van der Waals surface area (Å²) in [7, 11) is 0. The zero-order valence-corrected chi connectivity index (χ0v) is 12.5. The highest BCUT2D eigenvalue weighted by Gasteiger charge is 2.45. The van der Waals surface area contributed by atoms with Crippen molar-refractivity contribution in [3.8, 4) is 0 Å². The van der Waals surface area contributed by atoms with Crippen LogP contribution >= 0.6 is 23.2 Å². The Labute approximate surface area is 131 Å². The largest absolute Gasteiger partial charge is 0.419 e. The van der Waals surface area contributed by atoms with Crippen molar-refractivity contribution in [2.24, 2.45) is 5.73 Å². The van der Waals surface area contributed by atoms with Gasteiger partial charge < -0.3 is 5.73 Å². The molecule has 9 heteroatoms. The molecule has 0 aliphatic carbocycles. The maximum absolute atomic E-state index is 12.0. The van der Waals surface area contributed by atoms with Crippen LogP contribution in [-0.2, 0) is 4.79 Å². The number of benzene rings is 1. The number of amides is 3. The number of carbonyl (C=O) groups excluding carboxylic acids is 2. The lowest BCUT2D eigenvalue weighted by Gasteiger charge is -2.39. The highest BCUT2D eigenvalue weighted by molar-refractivity contribution is 6.35. The second-order valence-electron chi connectivity index (χ2n) is 4.82. The van der Waals surface area contributed by atoms with Crippen molar-refractivity contribution < 1.29 is 14.8 Å². The summed E-state index contributed by atoms with van der Waals surface area (Å²) in [5.74, 6) is -0.633. The van der Waals surface area contributed by atoms with E-state index in [0.29, 0.717) is 28.8 Å². The Morgan fingerprint density at radius 2 is 1.95 bits per heavy atom. The molecule has 1 aliphatic rings. The summed E-state index contributed by atoms with van der Waals surface area (Å²) in [6, 6.07) is 3.36. The predicted octanol–water partition coefficient (Wildman–Crippen LogP) is 0.857. The smallest absolute Gasteiger partial charge is 0.319 e. The number of urea groups is 1. The van der Waals surface area contributed by atoms with Gasteiger partial charge in [-0.1, -0.05) is 23.2 Å². The number of carbonyl (C=O) groups is 2. The third kappa shape index (κ3) is 3.12. The summed E-state index contributed by atoms with van der Waals surface area (Å²) >= 11 is 12.0. The molecule has 1 aromatic rings. The summed E-state index contributed by atoms with van der Waals surface area (Å²) in [6.07, 6.45) is 0. The first kappa shape index (κ1) is 16.0. The average Bonchev–Trinajstić information content (AvgIpc) is 2.45. The predicted molar refractivity (Wildman–Crippen MR) is 79.3 cm³/mol. The van der Waals surface area contributed by atoms with Crippen LogP contribution < -0.4 is 21.0 Å². The van der Waals surface area contributed by atoms with Crippen LogP contribution in [0.1, 0.15) is 0 Å². The van der Waals surface area contributed by atoms with Gasteiger partial charge in [-0.3, -0.25) is 15.3 Å². The second-order valence-corrected chi connectivity index (χ2v) is 5.70. The van der Waals surface area contributed by atoms with Crippen molar-refractivity contribution >= 4 is 40.8 Å². The first-order valence-electron chi connectivity index (χ1n) is 6.20. The van der Waals surface area contributed by atoms with Gasteiger partial charge in [0.25, 0.3) is 5.91 Å². The fraction of sp³-hybridized carbons (Fsp3) is 0.333. The Balaban J connectivity index is 2.45. The zero-order valence-electron chi connectivity index (χ0n) is 11.0. The van der Waals surface area contributed by atoms with E-state index in [1.807, 2.05) is 0 Å². The minimum atomic E-state index is -0.756. The highest BCUT2D eigenvalue weighted by Crippen LogP contribution is 2.31. The van der Waals surface area contributed by atoms with Crippen LogP contribution in [-0.4, -0.2) is 42.8 Å². The molecule has 2 rings (SSSR count). The zero-order chi connectivity index (χ0) is 15.6. The molecule has 21 heavy (non-hydrogen) atoms. The summed E-state index contributed by atoms with van der Waals surface area (Å²) in [5, 5.41) is 12.4. The highest BCUT2D eigenvalue weighted by atomic mass is 35.5. The second kappa shape index (κ2) is 6.17. The van der Waals surface area contributed by atoms with E-state index < -0.39 is 18.0 Å². The number of nitrogens with two attached hydrogens (primary N) is 1. The van der Waals surface area contributed by atoms with E-state index >= 15 is 0 Å². The number of hydrogen-bond acceptors (Lipinski definition) is 4. The fourth-order valence-electron chi connectivity index (χ4n) is 2.50. The number of nitrogens with zero attached hydrogens (tertiary/aromatic N) is 1. The van der Waals surface area contributed by atoms with Crippen LogP contribution in [0.2, 0.25) is 10.0 Å². The number of primary amides is 1. The molecule has 5 N–H and O–H groups in total. The van der Waals surface area contributed by atoms with Crippen molar-refractivity contribution in [2.75, 3.05) is 19.6 Å². The summed E-state index contributed by atoms with van der Waals surface area (Å²) in [5.41, 5.74) is 7.64. The van der Waals surface area contributed by atoms with Gasteiger partial charge >= 0.3 is 6.03 Å². The van der Waals surface area contributed by atoms with E-state index in [1.165, 1.54) is 0 Å². The number of hydrogen-bond donors (Lipinski definition) is 4. The molecule has 1 heterocycles. The summed E-state index contributed by atoms with van der Waals surface area (Å²) in [4.78, 5) is 23.6. The minimum absolute atomic E-state index is 0.0540. The first-order valence-corrected chi connectivity index (χ1v) is 6.96. The lowest BCUT2D eigenvalue weighted by Crippen LogP contribution is -2.70. The van der Waals surface area contributed by atoms with Gasteiger partial charge in [0.1, 0.15) is 24.8 Å². The van der Waals surface area contributed by atoms with Crippen molar-refractivity contribution in [1.82, 2.24) is 15.3 Å². The fourth-order valence-corrected chi connectivity index (χ4v) is 3.01. The maximum atomic E-state index is 12.0. The number of hydroxylamine groups is 1. The standard InChI is InChI=1S/C12H14Cl2N4O3/c13-7-3-8(14)5-9(4-7)18(12(15)20)2-1-16-10(6-18)11(19)17-21/h3-5,10,16H,1-2,6H2,(H3-,15,17,19,20,21)/p+1. The van der Waals surface area contributed by atoms with E-state index in [9.17, 15) is 9.59 Å². The van der Waals surface area contributed by atoms with E-state index in [2.05, 4.69) is 5.32 Å². The maximum Gasteiger partial charge on any atom is 0.419 e. The minimum Gasteiger partial charge on any atom is -0.319 e. The van der Waals surface area contributed by atoms with Crippen molar-refractivity contribution in [3.05, 3.63) is 28.2 Å². The topological polar surface area (TPSA) is 104 Å². The monoisotopic (exact) mass is 333 g/mol. The Bertz CT molecular complexity index is 563. The number of halogens is 2. The molecule has 3 amide bonds. The number of piperazine rings is 1. The van der Waals surface area contributed by atoms with Gasteiger partial charge in [-0.2, -0.15) is 0 Å². The molecule has 1 fully saturated rings. The van der Waals surface area contributed by atoms with E-state index in [4.69, 9.17) is 34.1 Å². The van der Waals surface area contributed by atoms with Gasteiger partial charge in [0.05, 0.1) is 0 Å². The van der Waals surface area contributed by atoms with Crippen LogP contribution in [0.5, 0.6) is 0 Å². The lowest BCUT2D eigenvalue weighted by molar-refractivity contribution is -0.132. The SMILES string of the molecule is NC(=O)[N+]1(c2cc(Cl)cc(Cl)c2)CCNC(C(=O)NO)C1. The lowest BCUT2D eigenvalue weighted by atomic mass is 10.1. The molecule has 0 aromatic heterocycles. The van der Waals surface area contributed by atoms with Crippen LogP contribution in [0, 0.1) is 0 Å². The molecule has 7 nitrogen and oxygen atoms in total. The Hall–Kier alpha value is -1.38. The van der Waals surface area contributed by atoms with Gasteiger partial charge in [0, 0.05) is 28.7 Å². The third-order valence-electron chi connectivity index (χ3n) is 3.57. The molecule has 1 aromatic carbocycles. The number of quaternary nitrogens is 1. The molecular weight excluding hydrogens is 319 g/mol. The van der Waals surface area contributed by atoms with Crippen LogP contribution in [0.4, 0.5) is 10.5 Å². The molecule has 114 valence electrons. The average molecular weight is 334 g/mol. The van der Waals surface area contributed by atoms with Gasteiger partial charge in [-0.05, 0) is 6.07 Å². The summed E-state index contributed by atoms with van der Waals surface area (Å²) < 4.78 is -0.272. The van der Waals surface area contributed by atoms with Crippen LogP contribution in [0.25, 0.3) is 0 Å². The van der Waals surface area contributed by atoms with E-state index in [0.717, 1.165) is 0 Å². The molecule has 2 atom stereocenters. The third-order valence-corrected chi connectivity index (χ3v) is 4.01. The van der Waals surface area contributed by atoms with Crippen molar-refractivity contribution in [3.63, 3.8) is 0 Å². The number of rotatable bonds is 2. The summed E-state index contributed by atoms with van der Waals surface area (Å²) in [6.45, 7) is 0.769.